The molecule has 0 fully saturated rings. The third-order valence-corrected chi connectivity index (χ3v) is 2.84. The third-order valence-electron chi connectivity index (χ3n) is 2.84. The Labute approximate surface area is 109 Å². The van der Waals surface area contributed by atoms with Gasteiger partial charge < -0.3 is 15.0 Å². The number of hydrogen-bond acceptors (Lipinski definition) is 4. The van der Waals surface area contributed by atoms with Crippen molar-refractivity contribution < 1.29 is 18.0 Å². The smallest absolute Gasteiger partial charge is 0.191 e. The van der Waals surface area contributed by atoms with Crippen LogP contribution in [0.25, 0.3) is 0 Å². The number of aromatic nitrogens is 1. The lowest BCUT2D eigenvalue weighted by atomic mass is 10.2. The molecule has 0 saturated heterocycles. The lowest BCUT2D eigenvalue weighted by molar-refractivity contribution is 0.270. The molecule has 2 rings (SSSR count). The zero-order chi connectivity index (χ0) is 14.0. The van der Waals surface area contributed by atoms with Gasteiger partial charge in [-0.15, -0.1) is 0 Å². The topological polar surface area (TPSA) is 61.3 Å². The van der Waals surface area contributed by atoms with Crippen LogP contribution in [0.4, 0.5) is 8.78 Å². The zero-order valence-electron chi connectivity index (χ0n) is 10.7. The van der Waals surface area contributed by atoms with E-state index in [-0.39, 0.29) is 13.2 Å². The van der Waals surface area contributed by atoms with Crippen LogP contribution in [0.2, 0.25) is 0 Å². The summed E-state index contributed by atoms with van der Waals surface area (Å²) in [6.07, 6.45) is 0. The van der Waals surface area contributed by atoms with Gasteiger partial charge >= 0.3 is 0 Å². The lowest BCUT2D eigenvalue weighted by Gasteiger charge is -2.09. The van der Waals surface area contributed by atoms with Crippen molar-refractivity contribution in [2.45, 2.75) is 27.0 Å². The number of benzene rings is 1. The largest absolute Gasteiger partial charge is 0.483 e. The molecule has 0 atom stereocenters. The monoisotopic (exact) mass is 268 g/mol. The van der Waals surface area contributed by atoms with Gasteiger partial charge in [-0.05, 0) is 31.5 Å². The van der Waals surface area contributed by atoms with E-state index in [1.807, 2.05) is 0 Å². The Bertz CT molecular complexity index is 554. The van der Waals surface area contributed by atoms with E-state index in [1.165, 1.54) is 0 Å². The van der Waals surface area contributed by atoms with Crippen LogP contribution < -0.4 is 10.5 Å². The standard InChI is InChI=1S/C13H14F2N2O2/c1-7-10(8(2)19-17-7)6-18-13-11(14)3-9(5-16)4-12(13)15/h3-4H,5-6,16H2,1-2H3. The van der Waals surface area contributed by atoms with Crippen LogP contribution in [-0.4, -0.2) is 5.16 Å². The molecule has 0 unspecified atom stereocenters. The first-order chi connectivity index (χ1) is 9.02. The highest BCUT2D eigenvalue weighted by atomic mass is 19.1. The molecule has 6 heteroatoms. The number of rotatable bonds is 4. The third kappa shape index (κ3) is 2.73. The van der Waals surface area contributed by atoms with E-state index in [2.05, 4.69) is 5.16 Å². The molecule has 0 saturated carbocycles. The van der Waals surface area contributed by atoms with Crippen LogP contribution in [0, 0.1) is 25.5 Å². The maximum Gasteiger partial charge on any atom is 0.191 e. The summed E-state index contributed by atoms with van der Waals surface area (Å²) >= 11 is 0. The molecule has 0 amide bonds. The van der Waals surface area contributed by atoms with Gasteiger partial charge in [0.05, 0.1) is 11.3 Å². The predicted octanol–water partition coefficient (Wildman–Crippen LogP) is 2.61. The molecule has 0 radical (unpaired) electrons. The molecule has 2 N–H and O–H groups in total. The number of hydrogen-bond donors (Lipinski definition) is 1. The Morgan fingerprint density at radius 1 is 1.26 bits per heavy atom. The van der Waals surface area contributed by atoms with E-state index < -0.39 is 17.4 Å². The van der Waals surface area contributed by atoms with Gasteiger partial charge in [-0.1, -0.05) is 5.16 Å². The van der Waals surface area contributed by atoms with Gasteiger partial charge in [0.1, 0.15) is 12.4 Å². The number of nitrogens with zero attached hydrogens (tertiary/aromatic N) is 1. The van der Waals surface area contributed by atoms with Crippen LogP contribution in [0.5, 0.6) is 5.75 Å². The minimum Gasteiger partial charge on any atom is -0.483 e. The average molecular weight is 268 g/mol. The van der Waals surface area contributed by atoms with Crippen molar-refractivity contribution in [3.8, 4) is 5.75 Å². The summed E-state index contributed by atoms with van der Waals surface area (Å²) in [5.74, 6) is -1.39. The Balaban J connectivity index is 2.20. The molecule has 2 aromatic rings. The van der Waals surface area contributed by atoms with Gasteiger partial charge in [-0.2, -0.15) is 0 Å². The van der Waals surface area contributed by atoms with E-state index in [9.17, 15) is 8.78 Å². The van der Waals surface area contributed by atoms with E-state index in [4.69, 9.17) is 15.0 Å². The first-order valence-corrected chi connectivity index (χ1v) is 5.75. The quantitative estimate of drug-likeness (QED) is 0.925. The Hall–Kier alpha value is -1.95. The fourth-order valence-corrected chi connectivity index (χ4v) is 1.72. The molecule has 1 heterocycles. The minimum atomic E-state index is -0.771. The Morgan fingerprint density at radius 3 is 2.37 bits per heavy atom. The number of nitrogens with two attached hydrogens (primary N) is 1. The molecule has 102 valence electrons. The summed E-state index contributed by atoms with van der Waals surface area (Å²) in [6, 6.07) is 2.32. The summed E-state index contributed by atoms with van der Waals surface area (Å²) in [6.45, 7) is 3.51. The second-order valence-corrected chi connectivity index (χ2v) is 4.18. The maximum atomic E-state index is 13.7. The first kappa shape index (κ1) is 13.5. The van der Waals surface area contributed by atoms with Crippen molar-refractivity contribution in [2.24, 2.45) is 5.73 Å². The van der Waals surface area contributed by atoms with Crippen molar-refractivity contribution in [3.63, 3.8) is 0 Å². The zero-order valence-corrected chi connectivity index (χ0v) is 10.7. The number of aryl methyl sites for hydroxylation is 2. The van der Waals surface area contributed by atoms with Crippen LogP contribution in [0.1, 0.15) is 22.6 Å². The van der Waals surface area contributed by atoms with E-state index in [0.717, 1.165) is 12.1 Å². The van der Waals surface area contributed by atoms with Crippen LogP contribution in [0.3, 0.4) is 0 Å². The number of halogens is 2. The molecule has 1 aromatic heterocycles. The highest BCUT2D eigenvalue weighted by Gasteiger charge is 2.15. The summed E-state index contributed by atoms with van der Waals surface area (Å²) < 4.78 is 37.5. The number of ether oxygens (including phenoxy) is 1. The van der Waals surface area contributed by atoms with Crippen LogP contribution >= 0.6 is 0 Å². The van der Waals surface area contributed by atoms with Gasteiger partial charge in [0.2, 0.25) is 0 Å². The minimum absolute atomic E-state index is 0.00300. The summed E-state index contributed by atoms with van der Waals surface area (Å²) in [7, 11) is 0. The molecular weight excluding hydrogens is 254 g/mol. The van der Waals surface area contributed by atoms with Gasteiger partial charge in [-0.3, -0.25) is 0 Å². The molecule has 0 aliphatic heterocycles. The molecule has 0 spiro atoms. The maximum absolute atomic E-state index is 13.7. The summed E-state index contributed by atoms with van der Waals surface area (Å²) in [5.41, 5.74) is 7.03. The normalized spacial score (nSPS) is 10.8. The van der Waals surface area contributed by atoms with Gasteiger partial charge in [0, 0.05) is 6.54 Å². The lowest BCUT2D eigenvalue weighted by Crippen LogP contribution is -2.04. The van der Waals surface area contributed by atoms with E-state index >= 15 is 0 Å². The second-order valence-electron chi connectivity index (χ2n) is 4.18. The second kappa shape index (κ2) is 5.36. The van der Waals surface area contributed by atoms with E-state index in [0.29, 0.717) is 22.6 Å². The van der Waals surface area contributed by atoms with Crippen molar-refractivity contribution in [1.29, 1.82) is 0 Å². The fraction of sp³-hybridized carbons (Fsp3) is 0.308. The van der Waals surface area contributed by atoms with E-state index in [1.54, 1.807) is 13.8 Å². The van der Waals surface area contributed by atoms with Crippen molar-refractivity contribution in [1.82, 2.24) is 5.16 Å². The fourth-order valence-electron chi connectivity index (χ4n) is 1.72. The molecular formula is C13H14F2N2O2. The molecule has 0 aliphatic carbocycles. The molecule has 19 heavy (non-hydrogen) atoms. The van der Waals surface area contributed by atoms with Crippen LogP contribution in [-0.2, 0) is 13.2 Å². The first-order valence-electron chi connectivity index (χ1n) is 5.75. The molecule has 1 aromatic carbocycles. The molecule has 4 nitrogen and oxygen atoms in total. The molecule has 0 bridgehead atoms. The summed E-state index contributed by atoms with van der Waals surface area (Å²) in [5, 5.41) is 3.74. The van der Waals surface area contributed by atoms with Crippen molar-refractivity contribution in [3.05, 3.63) is 46.3 Å². The highest BCUT2D eigenvalue weighted by Crippen LogP contribution is 2.25. The Morgan fingerprint density at radius 2 is 1.89 bits per heavy atom. The molecule has 0 aliphatic rings. The van der Waals surface area contributed by atoms with Gasteiger partial charge in [0.15, 0.2) is 17.4 Å². The van der Waals surface area contributed by atoms with Crippen molar-refractivity contribution in [2.75, 3.05) is 0 Å². The van der Waals surface area contributed by atoms with Gasteiger partial charge in [-0.25, -0.2) is 8.78 Å². The average Bonchev–Trinajstić information content (AvgIpc) is 2.68. The van der Waals surface area contributed by atoms with Crippen molar-refractivity contribution >= 4 is 0 Å². The SMILES string of the molecule is Cc1noc(C)c1COc1c(F)cc(CN)cc1F. The van der Waals surface area contributed by atoms with Gasteiger partial charge in [0.25, 0.3) is 0 Å². The van der Waals surface area contributed by atoms with Crippen LogP contribution in [0.15, 0.2) is 16.7 Å². The summed E-state index contributed by atoms with van der Waals surface area (Å²) in [4.78, 5) is 0. The Kier molecular flexibility index (Phi) is 3.80. The predicted molar refractivity (Wildman–Crippen MR) is 64.6 cm³/mol. The highest BCUT2D eigenvalue weighted by molar-refractivity contribution is 5.32.